The summed E-state index contributed by atoms with van der Waals surface area (Å²) in [6.45, 7) is 6.10. The summed E-state index contributed by atoms with van der Waals surface area (Å²) in [6, 6.07) is 6.28. The van der Waals surface area contributed by atoms with Crippen molar-refractivity contribution in [3.05, 3.63) is 39.9 Å². The Hall–Kier alpha value is -1.86. The Balaban J connectivity index is 1.62. The van der Waals surface area contributed by atoms with Crippen molar-refractivity contribution < 1.29 is 9.26 Å². The summed E-state index contributed by atoms with van der Waals surface area (Å²) in [6.07, 6.45) is 2.46. The Morgan fingerprint density at radius 3 is 3.12 bits per heavy atom. The van der Waals surface area contributed by atoms with Crippen LogP contribution in [0.25, 0.3) is 0 Å². The highest BCUT2D eigenvalue weighted by molar-refractivity contribution is 7.09. The number of nitrogens with zero attached hydrogens (tertiary/aromatic N) is 2. The van der Waals surface area contributed by atoms with Gasteiger partial charge in [0.1, 0.15) is 6.54 Å². The summed E-state index contributed by atoms with van der Waals surface area (Å²) >= 11 is 1.73. The summed E-state index contributed by atoms with van der Waals surface area (Å²) in [7, 11) is 0. The first-order valence-corrected chi connectivity index (χ1v) is 9.19. The van der Waals surface area contributed by atoms with Gasteiger partial charge in [-0.2, -0.15) is 0 Å². The number of hydrogen-bond acceptors (Lipinski definition) is 5. The number of rotatable bonds is 6. The van der Waals surface area contributed by atoms with E-state index in [9.17, 15) is 0 Å². The van der Waals surface area contributed by atoms with Gasteiger partial charge >= 0.3 is 0 Å². The van der Waals surface area contributed by atoms with Crippen LogP contribution in [0.15, 0.2) is 33.1 Å². The molecule has 3 heterocycles. The largest absolute Gasteiger partial charge is 0.376 e. The van der Waals surface area contributed by atoms with Crippen molar-refractivity contribution in [2.24, 2.45) is 4.99 Å². The van der Waals surface area contributed by atoms with Gasteiger partial charge in [0, 0.05) is 17.6 Å². The van der Waals surface area contributed by atoms with Gasteiger partial charge in [-0.05, 0) is 38.1 Å². The van der Waals surface area contributed by atoms with Crippen LogP contribution < -0.4 is 10.6 Å². The highest BCUT2D eigenvalue weighted by atomic mass is 32.1. The minimum absolute atomic E-state index is 0.207. The van der Waals surface area contributed by atoms with E-state index in [2.05, 4.69) is 45.2 Å². The molecule has 6 nitrogen and oxygen atoms in total. The van der Waals surface area contributed by atoms with Crippen LogP contribution in [0.5, 0.6) is 0 Å². The molecule has 0 bridgehead atoms. The quantitative estimate of drug-likeness (QED) is 0.620. The lowest BCUT2D eigenvalue weighted by atomic mass is 10.1. The van der Waals surface area contributed by atoms with E-state index in [0.717, 1.165) is 43.4 Å². The molecule has 1 aliphatic rings. The van der Waals surface area contributed by atoms with E-state index in [1.165, 1.54) is 4.88 Å². The minimum atomic E-state index is 0.207. The molecule has 0 aromatic carbocycles. The van der Waals surface area contributed by atoms with E-state index in [-0.39, 0.29) is 12.1 Å². The molecule has 2 unspecified atom stereocenters. The van der Waals surface area contributed by atoms with Crippen LogP contribution in [0.2, 0.25) is 0 Å². The molecule has 24 heavy (non-hydrogen) atoms. The fourth-order valence-electron chi connectivity index (χ4n) is 2.69. The Morgan fingerprint density at radius 1 is 1.54 bits per heavy atom. The summed E-state index contributed by atoms with van der Waals surface area (Å²) in [4.78, 5) is 5.90. The third kappa shape index (κ3) is 4.82. The molecular weight excluding hydrogens is 324 g/mol. The predicted molar refractivity (Wildman–Crippen MR) is 95.1 cm³/mol. The van der Waals surface area contributed by atoms with Crippen molar-refractivity contribution in [2.45, 2.75) is 51.9 Å². The molecule has 7 heteroatoms. The lowest BCUT2D eigenvalue weighted by molar-refractivity contribution is 0.0890. The van der Waals surface area contributed by atoms with Crippen LogP contribution in [0.4, 0.5) is 0 Å². The first-order valence-electron chi connectivity index (χ1n) is 8.32. The topological polar surface area (TPSA) is 71.7 Å². The SMILES string of the molecule is Cc1cc(CN=C(NCc2cccs2)NC(C)C2CCCO2)on1. The molecular formula is C17H24N4O2S. The van der Waals surface area contributed by atoms with E-state index in [1.54, 1.807) is 11.3 Å². The van der Waals surface area contributed by atoms with Crippen molar-refractivity contribution in [2.75, 3.05) is 6.61 Å². The van der Waals surface area contributed by atoms with Gasteiger partial charge in [0.2, 0.25) is 0 Å². The summed E-state index contributed by atoms with van der Waals surface area (Å²) in [5.41, 5.74) is 0.869. The molecule has 0 saturated carbocycles. The van der Waals surface area contributed by atoms with Gasteiger partial charge in [0.25, 0.3) is 0 Å². The lowest BCUT2D eigenvalue weighted by Crippen LogP contribution is -2.46. The standard InChI is InChI=1S/C17H24N4O2S/c1-12-9-14(23-21-12)10-18-17(19-11-15-5-4-8-24-15)20-13(2)16-6-3-7-22-16/h4-5,8-9,13,16H,3,6-7,10-11H2,1-2H3,(H2,18,19,20). The Morgan fingerprint density at radius 2 is 2.46 bits per heavy atom. The Labute approximate surface area is 146 Å². The van der Waals surface area contributed by atoms with Gasteiger partial charge in [-0.1, -0.05) is 11.2 Å². The lowest BCUT2D eigenvalue weighted by Gasteiger charge is -2.22. The Bertz CT molecular complexity index is 647. The van der Waals surface area contributed by atoms with E-state index >= 15 is 0 Å². The van der Waals surface area contributed by atoms with Gasteiger partial charge in [-0.25, -0.2) is 4.99 Å². The maximum absolute atomic E-state index is 5.76. The molecule has 0 amide bonds. The fraction of sp³-hybridized carbons (Fsp3) is 0.529. The van der Waals surface area contributed by atoms with Crippen LogP contribution in [0.3, 0.4) is 0 Å². The fourth-order valence-corrected chi connectivity index (χ4v) is 3.33. The molecule has 1 fully saturated rings. The zero-order chi connectivity index (χ0) is 16.8. The average molecular weight is 348 g/mol. The van der Waals surface area contributed by atoms with Crippen LogP contribution >= 0.6 is 11.3 Å². The van der Waals surface area contributed by atoms with E-state index < -0.39 is 0 Å². The molecule has 2 aromatic heterocycles. The monoisotopic (exact) mass is 348 g/mol. The summed E-state index contributed by atoms with van der Waals surface area (Å²) in [5.74, 6) is 1.52. The molecule has 0 aliphatic carbocycles. The zero-order valence-corrected chi connectivity index (χ0v) is 14.9. The highest BCUT2D eigenvalue weighted by Gasteiger charge is 2.23. The Kier molecular flexibility index (Phi) is 5.87. The predicted octanol–water partition coefficient (Wildman–Crippen LogP) is 2.85. The normalized spacial score (nSPS) is 19.4. The van der Waals surface area contributed by atoms with Crippen molar-refractivity contribution in [1.29, 1.82) is 0 Å². The third-order valence-corrected chi connectivity index (χ3v) is 4.84. The van der Waals surface area contributed by atoms with Gasteiger partial charge in [0.05, 0.1) is 24.4 Å². The molecule has 1 saturated heterocycles. The van der Waals surface area contributed by atoms with Crippen LogP contribution in [-0.4, -0.2) is 29.9 Å². The third-order valence-electron chi connectivity index (χ3n) is 3.97. The number of guanidine groups is 1. The van der Waals surface area contributed by atoms with Gasteiger partial charge in [-0.15, -0.1) is 11.3 Å². The number of aryl methyl sites for hydroxylation is 1. The second-order valence-corrected chi connectivity index (χ2v) is 7.05. The molecule has 3 rings (SSSR count). The van der Waals surface area contributed by atoms with Crippen LogP contribution in [0.1, 0.15) is 36.1 Å². The smallest absolute Gasteiger partial charge is 0.192 e. The van der Waals surface area contributed by atoms with Crippen LogP contribution in [0, 0.1) is 6.92 Å². The maximum atomic E-state index is 5.76. The van der Waals surface area contributed by atoms with E-state index in [4.69, 9.17) is 9.26 Å². The first-order chi connectivity index (χ1) is 11.7. The second kappa shape index (κ2) is 8.30. The number of ether oxygens (including phenoxy) is 1. The van der Waals surface area contributed by atoms with Crippen molar-refractivity contribution in [3.63, 3.8) is 0 Å². The summed E-state index contributed by atoms with van der Waals surface area (Å²) < 4.78 is 11.0. The average Bonchev–Trinajstić information content (AvgIpc) is 3.31. The van der Waals surface area contributed by atoms with Crippen molar-refractivity contribution in [3.8, 4) is 0 Å². The number of aliphatic imine (C=N–C) groups is 1. The summed E-state index contributed by atoms with van der Waals surface area (Å²) in [5, 5.41) is 12.8. The molecule has 2 atom stereocenters. The molecule has 2 aromatic rings. The molecule has 1 aliphatic heterocycles. The molecule has 2 N–H and O–H groups in total. The maximum Gasteiger partial charge on any atom is 0.192 e. The number of aromatic nitrogens is 1. The number of nitrogens with one attached hydrogen (secondary N) is 2. The zero-order valence-electron chi connectivity index (χ0n) is 14.1. The van der Waals surface area contributed by atoms with Gasteiger partial charge < -0.3 is 19.9 Å². The molecule has 0 radical (unpaired) electrons. The van der Waals surface area contributed by atoms with Gasteiger partial charge in [-0.3, -0.25) is 0 Å². The van der Waals surface area contributed by atoms with E-state index in [0.29, 0.717) is 6.54 Å². The second-order valence-electron chi connectivity index (χ2n) is 6.02. The number of hydrogen-bond donors (Lipinski definition) is 2. The number of thiophene rings is 1. The molecule has 130 valence electrons. The van der Waals surface area contributed by atoms with Crippen molar-refractivity contribution >= 4 is 17.3 Å². The molecule has 0 spiro atoms. The first kappa shape index (κ1) is 17.0. The van der Waals surface area contributed by atoms with Crippen molar-refractivity contribution in [1.82, 2.24) is 15.8 Å². The van der Waals surface area contributed by atoms with Gasteiger partial charge in [0.15, 0.2) is 11.7 Å². The minimum Gasteiger partial charge on any atom is -0.376 e. The van der Waals surface area contributed by atoms with E-state index in [1.807, 2.05) is 13.0 Å². The van der Waals surface area contributed by atoms with Crippen LogP contribution in [-0.2, 0) is 17.8 Å². The highest BCUT2D eigenvalue weighted by Crippen LogP contribution is 2.15.